The molecule has 0 spiro atoms. The number of benzene rings is 1. The Hall–Kier alpha value is -1.04. The van der Waals surface area contributed by atoms with Crippen LogP contribution in [0.15, 0.2) is 18.2 Å². The van der Waals surface area contributed by atoms with Crippen LogP contribution in [0.2, 0.25) is 0 Å². The number of hydrogen-bond donors (Lipinski definition) is 0. The van der Waals surface area contributed by atoms with Crippen molar-refractivity contribution >= 4 is 21.7 Å². The van der Waals surface area contributed by atoms with Gasteiger partial charge >= 0.3 is 6.36 Å². The summed E-state index contributed by atoms with van der Waals surface area (Å²) < 4.78 is 39.8. The van der Waals surface area contributed by atoms with Crippen molar-refractivity contribution in [1.82, 2.24) is 0 Å². The average molecular weight is 311 g/mol. The first-order chi connectivity index (χ1) is 7.81. The molecule has 0 saturated carbocycles. The molecule has 17 heavy (non-hydrogen) atoms. The van der Waals surface area contributed by atoms with Crippen LogP contribution in [0.5, 0.6) is 5.75 Å². The largest absolute Gasteiger partial charge is 0.573 e. The number of carbonyl (C=O) groups excluding carboxylic acids is 1. The highest BCUT2D eigenvalue weighted by molar-refractivity contribution is 9.08. The first-order valence-electron chi connectivity index (χ1n) is 4.75. The van der Waals surface area contributed by atoms with E-state index in [1.165, 1.54) is 25.1 Å². The Morgan fingerprint density at radius 2 is 2.00 bits per heavy atom. The molecule has 2 nitrogen and oxygen atoms in total. The molecule has 0 amide bonds. The fraction of sp³-hybridized carbons (Fsp3) is 0.364. The molecule has 0 atom stereocenters. The van der Waals surface area contributed by atoms with Gasteiger partial charge in [0.1, 0.15) is 11.5 Å². The Morgan fingerprint density at radius 1 is 1.35 bits per heavy atom. The third kappa shape index (κ3) is 4.77. The minimum absolute atomic E-state index is 0.0447. The van der Waals surface area contributed by atoms with E-state index in [0.717, 1.165) is 0 Å². The summed E-state index contributed by atoms with van der Waals surface area (Å²) in [6, 6.07) is 3.96. The predicted octanol–water partition coefficient (Wildman–Crippen LogP) is 3.61. The van der Waals surface area contributed by atoms with Crippen molar-refractivity contribution < 1.29 is 22.7 Å². The molecule has 0 saturated heterocycles. The summed E-state index contributed by atoms with van der Waals surface area (Å²) in [5, 5.41) is 0.366. The van der Waals surface area contributed by atoms with Gasteiger partial charge in [0.05, 0.1) is 0 Å². The molecule has 0 aromatic heterocycles. The van der Waals surface area contributed by atoms with Crippen molar-refractivity contribution in [3.8, 4) is 5.75 Å². The van der Waals surface area contributed by atoms with Crippen molar-refractivity contribution in [3.63, 3.8) is 0 Å². The fourth-order valence-electron chi connectivity index (χ4n) is 1.36. The predicted molar refractivity (Wildman–Crippen MR) is 60.1 cm³/mol. The molecule has 6 heteroatoms. The molecule has 1 rings (SSSR count). The average Bonchev–Trinajstić information content (AvgIpc) is 2.17. The zero-order chi connectivity index (χ0) is 13.1. The normalized spacial score (nSPS) is 11.4. The van der Waals surface area contributed by atoms with Gasteiger partial charge in [-0.2, -0.15) is 0 Å². The Kier molecular flexibility index (Phi) is 4.56. The van der Waals surface area contributed by atoms with E-state index in [9.17, 15) is 18.0 Å². The van der Waals surface area contributed by atoms with E-state index in [-0.39, 0.29) is 18.0 Å². The molecule has 0 N–H and O–H groups in total. The first-order valence-corrected chi connectivity index (χ1v) is 5.87. The molecule has 1 aromatic carbocycles. The van der Waals surface area contributed by atoms with Gasteiger partial charge in [-0.15, -0.1) is 13.2 Å². The highest BCUT2D eigenvalue weighted by Gasteiger charge is 2.31. The number of ether oxygens (including phenoxy) is 1. The Bertz CT molecular complexity index is 416. The lowest BCUT2D eigenvalue weighted by atomic mass is 10.0. The van der Waals surface area contributed by atoms with E-state index in [1.807, 2.05) is 0 Å². The number of ketones is 1. The van der Waals surface area contributed by atoms with E-state index in [2.05, 4.69) is 20.7 Å². The second-order valence-electron chi connectivity index (χ2n) is 3.49. The van der Waals surface area contributed by atoms with Gasteiger partial charge in [0.25, 0.3) is 0 Å². The quantitative estimate of drug-likeness (QED) is 0.794. The van der Waals surface area contributed by atoms with Gasteiger partial charge in [-0.05, 0) is 30.2 Å². The maximum absolute atomic E-state index is 12.0. The van der Waals surface area contributed by atoms with Gasteiger partial charge in [-0.3, -0.25) is 4.79 Å². The summed E-state index contributed by atoms with van der Waals surface area (Å²) in [5.41, 5.74) is 1.31. The van der Waals surface area contributed by atoms with Crippen LogP contribution in [-0.4, -0.2) is 12.1 Å². The van der Waals surface area contributed by atoms with Gasteiger partial charge in [0.2, 0.25) is 0 Å². The monoisotopic (exact) mass is 310 g/mol. The standard InChI is InChI=1S/C11H10BrF3O2/c1-7(16)4-8-2-3-10(5-9(8)6-12)17-11(13,14)15/h2-3,5H,4,6H2,1H3. The summed E-state index contributed by atoms with van der Waals surface area (Å²) in [6.45, 7) is 1.43. The van der Waals surface area contributed by atoms with Gasteiger partial charge < -0.3 is 4.74 Å². The summed E-state index contributed by atoms with van der Waals surface area (Å²) in [7, 11) is 0. The molecule has 0 aliphatic carbocycles. The molecule has 0 radical (unpaired) electrons. The van der Waals surface area contributed by atoms with Gasteiger partial charge in [0, 0.05) is 11.8 Å². The summed E-state index contributed by atoms with van der Waals surface area (Å²) in [6.07, 6.45) is -4.50. The number of Topliss-reactive ketones (excluding diaryl/α,β-unsaturated/α-hetero) is 1. The first kappa shape index (κ1) is 14.0. The van der Waals surface area contributed by atoms with Gasteiger partial charge in [-0.25, -0.2) is 0 Å². The summed E-state index contributed by atoms with van der Waals surface area (Å²) in [4.78, 5) is 11.0. The Morgan fingerprint density at radius 3 is 2.47 bits per heavy atom. The second kappa shape index (κ2) is 5.53. The maximum Gasteiger partial charge on any atom is 0.573 e. The van der Waals surface area contributed by atoms with E-state index < -0.39 is 6.36 Å². The van der Waals surface area contributed by atoms with Gasteiger partial charge in [-0.1, -0.05) is 22.0 Å². The van der Waals surface area contributed by atoms with Crippen molar-refractivity contribution in [2.24, 2.45) is 0 Å². The number of halogens is 4. The SMILES string of the molecule is CC(=O)Cc1ccc(OC(F)(F)F)cc1CBr. The van der Waals surface area contributed by atoms with Crippen LogP contribution in [0, 0.1) is 0 Å². The third-order valence-corrected chi connectivity index (χ3v) is 2.60. The topological polar surface area (TPSA) is 26.3 Å². The number of hydrogen-bond acceptors (Lipinski definition) is 2. The third-order valence-electron chi connectivity index (χ3n) is 1.99. The van der Waals surface area contributed by atoms with Crippen molar-refractivity contribution in [2.75, 3.05) is 0 Å². The van der Waals surface area contributed by atoms with Crippen LogP contribution < -0.4 is 4.74 Å². The lowest BCUT2D eigenvalue weighted by molar-refractivity contribution is -0.274. The zero-order valence-corrected chi connectivity index (χ0v) is 10.6. The molecule has 0 unspecified atom stereocenters. The number of carbonyl (C=O) groups is 1. The summed E-state index contributed by atoms with van der Waals surface area (Å²) in [5.74, 6) is -0.323. The van der Waals surface area contributed by atoms with Crippen LogP contribution in [0.4, 0.5) is 13.2 Å². The van der Waals surface area contributed by atoms with E-state index >= 15 is 0 Å². The molecule has 1 aromatic rings. The molecular formula is C11H10BrF3O2. The number of rotatable bonds is 4. The van der Waals surface area contributed by atoms with E-state index in [1.54, 1.807) is 0 Å². The highest BCUT2D eigenvalue weighted by atomic mass is 79.9. The Balaban J connectivity index is 2.96. The van der Waals surface area contributed by atoms with Crippen molar-refractivity contribution in [3.05, 3.63) is 29.3 Å². The fourth-order valence-corrected chi connectivity index (χ4v) is 1.89. The van der Waals surface area contributed by atoms with Crippen LogP contribution in [0.1, 0.15) is 18.1 Å². The van der Waals surface area contributed by atoms with E-state index in [0.29, 0.717) is 16.5 Å². The molecule has 0 aliphatic rings. The molecule has 0 aliphatic heterocycles. The minimum Gasteiger partial charge on any atom is -0.406 e. The van der Waals surface area contributed by atoms with Crippen LogP contribution >= 0.6 is 15.9 Å². The van der Waals surface area contributed by atoms with Crippen LogP contribution in [-0.2, 0) is 16.5 Å². The van der Waals surface area contributed by atoms with Crippen molar-refractivity contribution in [2.45, 2.75) is 25.0 Å². The zero-order valence-electron chi connectivity index (χ0n) is 8.97. The second-order valence-corrected chi connectivity index (χ2v) is 4.05. The highest BCUT2D eigenvalue weighted by Crippen LogP contribution is 2.26. The van der Waals surface area contributed by atoms with Gasteiger partial charge in [0.15, 0.2) is 0 Å². The lowest BCUT2D eigenvalue weighted by Crippen LogP contribution is -2.17. The molecule has 0 heterocycles. The molecular weight excluding hydrogens is 301 g/mol. The lowest BCUT2D eigenvalue weighted by Gasteiger charge is -2.12. The van der Waals surface area contributed by atoms with Crippen LogP contribution in [0.25, 0.3) is 0 Å². The molecule has 0 fully saturated rings. The maximum atomic E-state index is 12.0. The smallest absolute Gasteiger partial charge is 0.406 e. The Labute approximate surface area is 105 Å². The minimum atomic E-state index is -4.70. The van der Waals surface area contributed by atoms with E-state index in [4.69, 9.17) is 0 Å². The summed E-state index contributed by atoms with van der Waals surface area (Å²) >= 11 is 3.16. The molecule has 94 valence electrons. The van der Waals surface area contributed by atoms with Crippen molar-refractivity contribution in [1.29, 1.82) is 0 Å². The van der Waals surface area contributed by atoms with Crippen LogP contribution in [0.3, 0.4) is 0 Å². The molecule has 0 bridgehead atoms. The number of alkyl halides is 4.